The van der Waals surface area contributed by atoms with E-state index in [1.165, 1.54) is 0 Å². The molecule has 0 amide bonds. The zero-order valence-corrected chi connectivity index (χ0v) is 14.2. The molecule has 0 N–H and O–H groups in total. The zero-order chi connectivity index (χ0) is 17.4. The van der Waals surface area contributed by atoms with E-state index in [9.17, 15) is 9.59 Å². The van der Waals surface area contributed by atoms with E-state index < -0.39 is 11.7 Å². The maximum Gasteiger partial charge on any atom is 0.309 e. The minimum Gasteiger partial charge on any atom is -0.447 e. The largest absolute Gasteiger partial charge is 0.447 e. The van der Waals surface area contributed by atoms with Gasteiger partial charge in [0.05, 0.1) is 0 Å². The lowest BCUT2D eigenvalue weighted by molar-refractivity contribution is -0.198. The number of carbonyl (C=O) groups is 2. The third kappa shape index (κ3) is 2.36. The normalized spacial score (nSPS) is 22.8. The van der Waals surface area contributed by atoms with Crippen molar-refractivity contribution in [3.63, 3.8) is 0 Å². The molecule has 2 aromatic rings. The van der Waals surface area contributed by atoms with Gasteiger partial charge in [0.25, 0.3) is 5.79 Å². The first kappa shape index (κ1) is 15.9. The van der Waals surface area contributed by atoms with Crippen LogP contribution in [0.1, 0.15) is 60.0 Å². The number of hydrogen-bond donors (Lipinski definition) is 0. The standard InChI is InChI=1S/C21H20O4/c1-2-3-4-13-18(22)25-21-16-11-7-5-9-14(16)20(23)19(21)15-10-6-8-12-17(15)24-21/h5-12,19H,2-4,13H2,1H3. The van der Waals surface area contributed by atoms with E-state index in [1.54, 1.807) is 6.07 Å². The molecular formula is C21H20O4. The summed E-state index contributed by atoms with van der Waals surface area (Å²) in [5.74, 6) is -1.76. The van der Waals surface area contributed by atoms with Crippen molar-refractivity contribution in [1.82, 2.24) is 0 Å². The highest BCUT2D eigenvalue weighted by atomic mass is 16.7. The molecule has 25 heavy (non-hydrogen) atoms. The second-order valence-corrected chi connectivity index (χ2v) is 6.58. The van der Waals surface area contributed by atoms with Crippen molar-refractivity contribution in [2.75, 3.05) is 0 Å². The Balaban J connectivity index is 1.74. The van der Waals surface area contributed by atoms with Crippen LogP contribution < -0.4 is 4.74 Å². The van der Waals surface area contributed by atoms with Crippen molar-refractivity contribution >= 4 is 11.8 Å². The predicted molar refractivity (Wildman–Crippen MR) is 92.5 cm³/mol. The molecule has 0 radical (unpaired) electrons. The Morgan fingerprint density at radius 3 is 2.72 bits per heavy atom. The van der Waals surface area contributed by atoms with E-state index in [0.29, 0.717) is 23.3 Å². The van der Waals surface area contributed by atoms with E-state index >= 15 is 0 Å². The van der Waals surface area contributed by atoms with Crippen LogP contribution in [0.5, 0.6) is 5.75 Å². The number of benzene rings is 2. The molecule has 0 spiro atoms. The molecule has 2 aromatic carbocycles. The number of ketones is 1. The number of fused-ring (bicyclic) bond motifs is 5. The van der Waals surface area contributed by atoms with Gasteiger partial charge in [-0.1, -0.05) is 62.2 Å². The first-order valence-corrected chi connectivity index (χ1v) is 8.81. The Hall–Kier alpha value is -2.62. The second kappa shape index (κ2) is 6.03. The second-order valence-electron chi connectivity index (χ2n) is 6.58. The van der Waals surface area contributed by atoms with Crippen LogP contribution in [0, 0.1) is 0 Å². The Bertz CT molecular complexity index is 841. The molecule has 1 aliphatic heterocycles. The van der Waals surface area contributed by atoms with Gasteiger partial charge in [-0.25, -0.2) is 0 Å². The van der Waals surface area contributed by atoms with Crippen molar-refractivity contribution in [3.8, 4) is 5.75 Å². The minimum atomic E-state index is -1.36. The van der Waals surface area contributed by atoms with Crippen molar-refractivity contribution in [3.05, 3.63) is 65.2 Å². The smallest absolute Gasteiger partial charge is 0.309 e. The summed E-state index contributed by atoms with van der Waals surface area (Å²) in [5.41, 5.74) is 2.00. The summed E-state index contributed by atoms with van der Waals surface area (Å²) in [5, 5.41) is 0. The van der Waals surface area contributed by atoms with Crippen molar-refractivity contribution < 1.29 is 19.1 Å². The van der Waals surface area contributed by atoms with Crippen LogP contribution >= 0.6 is 0 Å². The number of para-hydroxylation sites is 1. The maximum absolute atomic E-state index is 13.0. The Morgan fingerprint density at radius 2 is 1.88 bits per heavy atom. The lowest BCUT2D eigenvalue weighted by atomic mass is 9.92. The highest BCUT2D eigenvalue weighted by Gasteiger charge is 2.62. The van der Waals surface area contributed by atoms with Gasteiger partial charge in [-0.3, -0.25) is 9.59 Å². The number of Topliss-reactive ketones (excluding diaryl/α,β-unsaturated/α-hetero) is 1. The lowest BCUT2D eigenvalue weighted by Crippen LogP contribution is -2.38. The average molecular weight is 336 g/mol. The number of carbonyl (C=O) groups excluding carboxylic acids is 2. The van der Waals surface area contributed by atoms with Crippen molar-refractivity contribution in [2.24, 2.45) is 0 Å². The highest BCUT2D eigenvalue weighted by molar-refractivity contribution is 6.08. The molecule has 2 unspecified atom stereocenters. The number of rotatable bonds is 5. The first-order chi connectivity index (χ1) is 12.2. The third-order valence-electron chi connectivity index (χ3n) is 4.95. The average Bonchev–Trinajstić information content (AvgIpc) is 3.06. The van der Waals surface area contributed by atoms with Gasteiger partial charge in [0.15, 0.2) is 5.78 Å². The topological polar surface area (TPSA) is 52.6 Å². The molecule has 0 saturated carbocycles. The van der Waals surface area contributed by atoms with Crippen molar-refractivity contribution in [1.29, 1.82) is 0 Å². The van der Waals surface area contributed by atoms with Gasteiger partial charge >= 0.3 is 5.97 Å². The lowest BCUT2D eigenvalue weighted by Gasteiger charge is -2.29. The number of ether oxygens (including phenoxy) is 2. The van der Waals surface area contributed by atoms with Gasteiger partial charge in [-0.2, -0.15) is 0 Å². The fourth-order valence-corrected chi connectivity index (χ4v) is 3.79. The molecule has 2 atom stereocenters. The monoisotopic (exact) mass is 336 g/mol. The third-order valence-corrected chi connectivity index (χ3v) is 4.95. The van der Waals surface area contributed by atoms with Gasteiger partial charge in [-0.15, -0.1) is 0 Å². The molecule has 0 fully saturated rings. The van der Waals surface area contributed by atoms with E-state index in [-0.39, 0.29) is 11.8 Å². The molecule has 1 heterocycles. The summed E-state index contributed by atoms with van der Waals surface area (Å²) in [6.45, 7) is 2.09. The SMILES string of the molecule is CCCCCC(=O)OC12Oc3ccccc3C1C(=O)c1ccccc12. The molecule has 4 heteroatoms. The van der Waals surface area contributed by atoms with Crippen LogP contribution in [-0.4, -0.2) is 11.8 Å². The van der Waals surface area contributed by atoms with Crippen LogP contribution in [-0.2, 0) is 15.3 Å². The quantitative estimate of drug-likeness (QED) is 0.602. The summed E-state index contributed by atoms with van der Waals surface area (Å²) in [4.78, 5) is 25.5. The van der Waals surface area contributed by atoms with Gasteiger partial charge in [0.2, 0.25) is 0 Å². The van der Waals surface area contributed by atoms with E-state index in [1.807, 2.05) is 42.5 Å². The molecule has 4 rings (SSSR count). The Kier molecular flexibility index (Phi) is 3.83. The van der Waals surface area contributed by atoms with Crippen LogP contribution in [0.3, 0.4) is 0 Å². The predicted octanol–water partition coefficient (Wildman–Crippen LogP) is 4.34. The first-order valence-electron chi connectivity index (χ1n) is 8.81. The number of esters is 1. The van der Waals surface area contributed by atoms with Gasteiger partial charge < -0.3 is 9.47 Å². The number of hydrogen-bond acceptors (Lipinski definition) is 4. The highest BCUT2D eigenvalue weighted by Crippen LogP contribution is 2.57. The molecule has 2 aliphatic rings. The van der Waals surface area contributed by atoms with Gasteiger partial charge in [-0.05, 0) is 12.5 Å². The molecule has 4 nitrogen and oxygen atoms in total. The molecule has 1 aliphatic carbocycles. The fraction of sp³-hybridized carbons (Fsp3) is 0.333. The van der Waals surface area contributed by atoms with Crippen LogP contribution in [0.15, 0.2) is 48.5 Å². The maximum atomic E-state index is 13.0. The van der Waals surface area contributed by atoms with E-state index in [0.717, 1.165) is 24.8 Å². The Labute approximate surface area is 146 Å². The molecular weight excluding hydrogens is 316 g/mol. The summed E-state index contributed by atoms with van der Waals surface area (Å²) in [7, 11) is 0. The Morgan fingerprint density at radius 1 is 1.12 bits per heavy atom. The summed E-state index contributed by atoms with van der Waals surface area (Å²) in [6, 6.07) is 14.7. The summed E-state index contributed by atoms with van der Waals surface area (Å²) in [6.07, 6.45) is 3.11. The molecule has 0 aromatic heterocycles. The van der Waals surface area contributed by atoms with Gasteiger partial charge in [0.1, 0.15) is 11.7 Å². The minimum absolute atomic E-state index is 0.0538. The summed E-state index contributed by atoms with van der Waals surface area (Å²) >= 11 is 0. The van der Waals surface area contributed by atoms with E-state index in [4.69, 9.17) is 9.47 Å². The molecule has 128 valence electrons. The zero-order valence-electron chi connectivity index (χ0n) is 14.2. The van der Waals surface area contributed by atoms with Crippen LogP contribution in [0.2, 0.25) is 0 Å². The molecule has 0 saturated heterocycles. The van der Waals surface area contributed by atoms with Gasteiger partial charge in [0, 0.05) is 23.1 Å². The van der Waals surface area contributed by atoms with E-state index in [2.05, 4.69) is 6.92 Å². The fourth-order valence-electron chi connectivity index (χ4n) is 3.79. The summed E-state index contributed by atoms with van der Waals surface area (Å²) < 4.78 is 12.0. The van der Waals surface area contributed by atoms with Crippen LogP contribution in [0.25, 0.3) is 0 Å². The van der Waals surface area contributed by atoms with Crippen LogP contribution in [0.4, 0.5) is 0 Å². The number of unbranched alkanes of at least 4 members (excludes halogenated alkanes) is 2. The van der Waals surface area contributed by atoms with Crippen molar-refractivity contribution in [2.45, 2.75) is 44.3 Å². The molecule has 0 bridgehead atoms.